The number of rotatable bonds is 2. The van der Waals surface area contributed by atoms with Crippen LogP contribution in [0.25, 0.3) is 0 Å². The van der Waals surface area contributed by atoms with Gasteiger partial charge in [-0.05, 0) is 61.1 Å². The first kappa shape index (κ1) is 15.8. The van der Waals surface area contributed by atoms with Crippen LogP contribution in [-0.4, -0.2) is 17.8 Å². The number of ether oxygens (including phenoxy) is 2. The Labute approximate surface area is 147 Å². The van der Waals surface area contributed by atoms with Gasteiger partial charge in [0, 0.05) is 15.7 Å². The molecular weight excluding hydrogens is 380 g/mol. The summed E-state index contributed by atoms with van der Waals surface area (Å²) in [7, 11) is 0. The molecule has 0 bridgehead atoms. The summed E-state index contributed by atoms with van der Waals surface area (Å²) in [5.74, 6) is 0.878. The maximum absolute atomic E-state index is 12.2. The highest BCUT2D eigenvalue weighted by molar-refractivity contribution is 9.10. The van der Waals surface area contributed by atoms with Crippen molar-refractivity contribution in [1.29, 1.82) is 0 Å². The zero-order valence-corrected chi connectivity index (χ0v) is 14.6. The molecule has 0 aliphatic carbocycles. The summed E-state index contributed by atoms with van der Waals surface area (Å²) in [5, 5.41) is 5.90. The molecule has 0 saturated heterocycles. The van der Waals surface area contributed by atoms with Crippen molar-refractivity contribution in [3.8, 4) is 11.5 Å². The van der Waals surface area contributed by atoms with Crippen LogP contribution in [0.4, 0.5) is 5.69 Å². The van der Waals surface area contributed by atoms with Crippen LogP contribution >= 0.6 is 28.1 Å². The van der Waals surface area contributed by atoms with Gasteiger partial charge in [0.1, 0.15) is 0 Å². The third kappa shape index (κ3) is 3.62. The fourth-order valence-electron chi connectivity index (χ4n) is 2.13. The molecule has 2 N–H and O–H groups in total. The number of nitrogens with one attached hydrogen (secondary N) is 2. The molecule has 5 nitrogen and oxygen atoms in total. The quantitative estimate of drug-likeness (QED) is 0.764. The molecule has 2 aromatic rings. The van der Waals surface area contributed by atoms with Crippen molar-refractivity contribution in [3.63, 3.8) is 0 Å². The Morgan fingerprint density at radius 3 is 2.74 bits per heavy atom. The van der Waals surface area contributed by atoms with Crippen molar-refractivity contribution in [2.75, 3.05) is 12.1 Å². The minimum Gasteiger partial charge on any atom is -0.454 e. The average molecular weight is 393 g/mol. The number of anilines is 1. The summed E-state index contributed by atoms with van der Waals surface area (Å²) in [6.07, 6.45) is 0. The number of fused-ring (bicyclic) bond motifs is 1. The Hall–Kier alpha value is -2.12. The van der Waals surface area contributed by atoms with Gasteiger partial charge in [-0.15, -0.1) is 0 Å². The molecular formula is C16H13BrN2O3S. The molecule has 1 aliphatic rings. The molecule has 1 heterocycles. The Balaban J connectivity index is 1.66. The summed E-state index contributed by atoms with van der Waals surface area (Å²) >= 11 is 8.60. The highest BCUT2D eigenvalue weighted by Gasteiger charge is 2.16. The predicted octanol–water partition coefficient (Wildman–Crippen LogP) is 3.61. The van der Waals surface area contributed by atoms with Crippen molar-refractivity contribution < 1.29 is 14.3 Å². The van der Waals surface area contributed by atoms with E-state index in [1.807, 2.05) is 25.1 Å². The number of hydrogen-bond donors (Lipinski definition) is 2. The van der Waals surface area contributed by atoms with Gasteiger partial charge in [0.05, 0.1) is 0 Å². The third-order valence-corrected chi connectivity index (χ3v) is 4.00. The minimum atomic E-state index is -0.310. The number of carbonyl (C=O) groups excluding carboxylic acids is 1. The number of thiocarbonyl (C=S) groups is 1. The summed E-state index contributed by atoms with van der Waals surface area (Å²) in [6.45, 7) is 2.12. The lowest BCUT2D eigenvalue weighted by Crippen LogP contribution is -2.34. The molecule has 0 aromatic heterocycles. The van der Waals surface area contributed by atoms with E-state index in [0.717, 1.165) is 15.7 Å². The number of amides is 1. The molecule has 0 unspecified atom stereocenters. The van der Waals surface area contributed by atoms with E-state index in [4.69, 9.17) is 21.7 Å². The number of aryl methyl sites for hydroxylation is 1. The lowest BCUT2D eigenvalue weighted by Gasteiger charge is -2.12. The topological polar surface area (TPSA) is 59.6 Å². The van der Waals surface area contributed by atoms with Crippen LogP contribution in [0.5, 0.6) is 11.5 Å². The van der Waals surface area contributed by atoms with E-state index in [1.165, 1.54) is 0 Å². The molecule has 0 radical (unpaired) electrons. The van der Waals surface area contributed by atoms with Crippen LogP contribution in [0.2, 0.25) is 0 Å². The largest absolute Gasteiger partial charge is 0.454 e. The molecule has 3 rings (SSSR count). The fraction of sp³-hybridized carbons (Fsp3) is 0.125. The van der Waals surface area contributed by atoms with E-state index in [9.17, 15) is 4.79 Å². The first-order valence-corrected chi connectivity index (χ1v) is 8.01. The van der Waals surface area contributed by atoms with Gasteiger partial charge in [-0.1, -0.05) is 15.9 Å². The highest BCUT2D eigenvalue weighted by atomic mass is 79.9. The van der Waals surface area contributed by atoms with Gasteiger partial charge >= 0.3 is 0 Å². The molecule has 7 heteroatoms. The number of carbonyl (C=O) groups is 1. The van der Waals surface area contributed by atoms with E-state index in [-0.39, 0.29) is 17.8 Å². The molecule has 2 aromatic carbocycles. The first-order chi connectivity index (χ1) is 11.0. The number of hydrogen-bond acceptors (Lipinski definition) is 4. The summed E-state index contributed by atoms with van der Waals surface area (Å²) in [6, 6.07) is 10.7. The molecule has 23 heavy (non-hydrogen) atoms. The van der Waals surface area contributed by atoms with Gasteiger partial charge in [-0.25, -0.2) is 0 Å². The second-order valence-corrected chi connectivity index (χ2v) is 6.26. The Bertz CT molecular complexity index is 795. The van der Waals surface area contributed by atoms with Crippen molar-refractivity contribution in [1.82, 2.24) is 5.32 Å². The maximum Gasteiger partial charge on any atom is 0.257 e. The van der Waals surface area contributed by atoms with Gasteiger partial charge < -0.3 is 14.8 Å². The van der Waals surface area contributed by atoms with Gasteiger partial charge in [0.15, 0.2) is 16.6 Å². The predicted molar refractivity (Wildman–Crippen MR) is 95.1 cm³/mol. The van der Waals surface area contributed by atoms with E-state index in [0.29, 0.717) is 17.1 Å². The molecule has 1 amide bonds. The molecule has 0 fully saturated rings. The lowest BCUT2D eigenvalue weighted by molar-refractivity contribution is 0.0977. The molecule has 0 saturated carbocycles. The second-order valence-electron chi connectivity index (χ2n) is 4.94. The molecule has 0 atom stereocenters. The zero-order chi connectivity index (χ0) is 16.4. The number of halogens is 1. The lowest BCUT2D eigenvalue weighted by atomic mass is 10.2. The van der Waals surface area contributed by atoms with E-state index < -0.39 is 0 Å². The number of benzene rings is 2. The van der Waals surface area contributed by atoms with Crippen LogP contribution in [0.15, 0.2) is 40.9 Å². The minimum absolute atomic E-state index is 0.170. The fourth-order valence-corrected chi connectivity index (χ4v) is 2.81. The van der Waals surface area contributed by atoms with Crippen LogP contribution in [0.1, 0.15) is 15.9 Å². The Morgan fingerprint density at radius 2 is 1.96 bits per heavy atom. The second kappa shape index (κ2) is 6.55. The molecule has 1 aliphatic heterocycles. The SMILES string of the molecule is Cc1cc(Br)ccc1NC(=S)NC(=O)c1ccc2c(c1)OCO2. The van der Waals surface area contributed by atoms with Gasteiger partial charge in [-0.2, -0.15) is 0 Å². The van der Waals surface area contributed by atoms with Gasteiger partial charge in [-0.3, -0.25) is 10.1 Å². The van der Waals surface area contributed by atoms with Crippen molar-refractivity contribution in [2.24, 2.45) is 0 Å². The summed E-state index contributed by atoms with van der Waals surface area (Å²) < 4.78 is 11.5. The van der Waals surface area contributed by atoms with Crippen LogP contribution in [0.3, 0.4) is 0 Å². The standard InChI is InChI=1S/C16H13BrN2O3S/c1-9-6-11(17)3-4-12(9)18-16(23)19-15(20)10-2-5-13-14(7-10)22-8-21-13/h2-7H,8H2,1H3,(H2,18,19,20,23). The Morgan fingerprint density at radius 1 is 1.17 bits per heavy atom. The normalized spacial score (nSPS) is 11.9. The summed E-state index contributed by atoms with van der Waals surface area (Å²) in [5.41, 5.74) is 2.30. The van der Waals surface area contributed by atoms with Crippen molar-refractivity contribution >= 4 is 44.9 Å². The maximum atomic E-state index is 12.2. The van der Waals surface area contributed by atoms with Crippen LogP contribution in [0, 0.1) is 6.92 Å². The zero-order valence-electron chi connectivity index (χ0n) is 12.2. The van der Waals surface area contributed by atoms with Crippen molar-refractivity contribution in [3.05, 3.63) is 52.0 Å². The van der Waals surface area contributed by atoms with E-state index >= 15 is 0 Å². The summed E-state index contributed by atoms with van der Waals surface area (Å²) in [4.78, 5) is 12.2. The molecule has 118 valence electrons. The van der Waals surface area contributed by atoms with Gasteiger partial charge in [0.2, 0.25) is 6.79 Å². The van der Waals surface area contributed by atoms with Crippen molar-refractivity contribution in [2.45, 2.75) is 6.92 Å². The smallest absolute Gasteiger partial charge is 0.257 e. The average Bonchev–Trinajstić information content (AvgIpc) is 2.97. The Kier molecular flexibility index (Phi) is 4.49. The third-order valence-electron chi connectivity index (χ3n) is 3.30. The van der Waals surface area contributed by atoms with E-state index in [2.05, 4.69) is 26.6 Å². The van der Waals surface area contributed by atoms with Crippen LogP contribution in [-0.2, 0) is 0 Å². The first-order valence-electron chi connectivity index (χ1n) is 6.81. The van der Waals surface area contributed by atoms with E-state index in [1.54, 1.807) is 18.2 Å². The highest BCUT2D eigenvalue weighted by Crippen LogP contribution is 2.32. The van der Waals surface area contributed by atoms with Gasteiger partial charge in [0.25, 0.3) is 5.91 Å². The van der Waals surface area contributed by atoms with Crippen LogP contribution < -0.4 is 20.1 Å². The monoisotopic (exact) mass is 392 g/mol. The molecule has 0 spiro atoms.